The summed E-state index contributed by atoms with van der Waals surface area (Å²) in [6.07, 6.45) is 10.6. The molecular weight excluding hydrogens is 228 g/mol. The van der Waals surface area contributed by atoms with Crippen molar-refractivity contribution in [2.24, 2.45) is 0 Å². The molecule has 0 amide bonds. The Hall–Kier alpha value is -0.760. The third-order valence-electron chi connectivity index (χ3n) is 3.09. The molecule has 0 aromatic heterocycles. The number of benzene rings is 1. The van der Waals surface area contributed by atoms with Gasteiger partial charge in [0.05, 0.1) is 0 Å². The number of aryl methyl sites for hydroxylation is 1. The van der Waals surface area contributed by atoms with E-state index in [4.69, 9.17) is 0 Å². The van der Waals surface area contributed by atoms with Gasteiger partial charge >= 0.3 is 11.7 Å². The molecule has 0 heterocycles. The second-order valence-corrected chi connectivity index (χ2v) is 5.24. The fourth-order valence-corrected chi connectivity index (χ4v) is 2.25. The highest BCUT2D eigenvalue weighted by Crippen LogP contribution is 2.11. The number of rotatable bonds is 9. The lowest BCUT2D eigenvalue weighted by Gasteiger charge is -2.01. The van der Waals surface area contributed by atoms with Crippen molar-refractivity contribution in [3.63, 3.8) is 0 Å². The molecule has 94 valence electrons. The van der Waals surface area contributed by atoms with E-state index >= 15 is 0 Å². The van der Waals surface area contributed by atoms with Crippen LogP contribution in [0.2, 0.25) is 0 Å². The van der Waals surface area contributed by atoms with Crippen molar-refractivity contribution in [3.05, 3.63) is 29.8 Å². The molecule has 0 aliphatic rings. The second-order valence-electron chi connectivity index (χ2n) is 4.60. The Labute approximate surface area is 109 Å². The molecule has 0 unspecified atom stereocenters. The zero-order valence-electron chi connectivity index (χ0n) is 10.8. The van der Waals surface area contributed by atoms with Crippen molar-refractivity contribution < 1.29 is 4.21 Å². The van der Waals surface area contributed by atoms with Crippen molar-refractivity contribution in [2.75, 3.05) is 0 Å². The Balaban J connectivity index is 2.07. The fraction of sp³-hybridized carbons (Fsp3) is 0.600. The first-order chi connectivity index (χ1) is 8.36. The molecule has 0 spiro atoms. The highest BCUT2D eigenvalue weighted by atomic mass is 32.1. The molecule has 0 saturated heterocycles. The van der Waals surface area contributed by atoms with Gasteiger partial charge in [-0.2, -0.15) is 0 Å². The van der Waals surface area contributed by atoms with Crippen LogP contribution in [0.25, 0.3) is 0 Å². The normalized spacial score (nSPS) is 10.4. The van der Waals surface area contributed by atoms with Gasteiger partial charge in [-0.3, -0.25) is 0 Å². The molecule has 1 nitrogen and oxygen atoms in total. The topological polar surface area (TPSA) is 17.1 Å². The first-order valence-corrected chi connectivity index (χ1v) is 7.49. The average Bonchev–Trinajstić information content (AvgIpc) is 2.38. The zero-order chi connectivity index (χ0) is 12.3. The van der Waals surface area contributed by atoms with Crippen molar-refractivity contribution in [1.29, 1.82) is 0 Å². The Morgan fingerprint density at radius 1 is 0.882 bits per heavy atom. The van der Waals surface area contributed by atoms with E-state index in [2.05, 4.69) is 19.1 Å². The summed E-state index contributed by atoms with van der Waals surface area (Å²) >= 11 is 0.567. The summed E-state index contributed by atoms with van der Waals surface area (Å²) in [4.78, 5) is 0.813. The first-order valence-electron chi connectivity index (χ1n) is 6.75. The maximum atomic E-state index is 10.5. The van der Waals surface area contributed by atoms with Gasteiger partial charge in [0, 0.05) is 16.3 Å². The summed E-state index contributed by atoms with van der Waals surface area (Å²) in [5, 5.41) is 0. The van der Waals surface area contributed by atoms with E-state index in [0.29, 0.717) is 11.7 Å². The predicted molar refractivity (Wildman–Crippen MR) is 74.5 cm³/mol. The lowest BCUT2D eigenvalue weighted by Crippen LogP contribution is -1.86. The van der Waals surface area contributed by atoms with Crippen LogP contribution >= 0.6 is 0 Å². The molecule has 0 N–H and O–H groups in total. The number of hydrogen-bond donors (Lipinski definition) is 0. The van der Waals surface area contributed by atoms with Crippen molar-refractivity contribution in [3.8, 4) is 0 Å². The molecular formula is C15H23OS+. The molecule has 0 aliphatic heterocycles. The summed E-state index contributed by atoms with van der Waals surface area (Å²) in [5.74, 6) is 0. The van der Waals surface area contributed by atoms with Crippen LogP contribution in [0, 0.1) is 0 Å². The molecule has 0 atom stereocenters. The standard InChI is InChI=1S/C15H23OS/c1-2-3-4-5-6-7-8-9-14-10-12-15(17-16)13-11-14/h10-13H,2-9H2,1H3/q+1. The van der Waals surface area contributed by atoms with Crippen molar-refractivity contribution in [1.82, 2.24) is 0 Å². The van der Waals surface area contributed by atoms with Crippen LogP contribution in [0.1, 0.15) is 57.4 Å². The third-order valence-corrected chi connectivity index (χ3v) is 3.55. The van der Waals surface area contributed by atoms with Crippen molar-refractivity contribution >= 4 is 11.7 Å². The third kappa shape index (κ3) is 6.52. The fourth-order valence-electron chi connectivity index (χ4n) is 2.00. The van der Waals surface area contributed by atoms with E-state index in [0.717, 1.165) is 11.3 Å². The minimum absolute atomic E-state index is 0.567. The molecule has 0 radical (unpaired) electrons. The summed E-state index contributed by atoms with van der Waals surface area (Å²) < 4.78 is 10.5. The molecule has 2 heteroatoms. The molecule has 1 aromatic carbocycles. The van der Waals surface area contributed by atoms with Gasteiger partial charge < -0.3 is 0 Å². The Kier molecular flexibility index (Phi) is 7.81. The minimum atomic E-state index is 0.567. The molecule has 1 rings (SSSR count). The van der Waals surface area contributed by atoms with Crippen molar-refractivity contribution in [2.45, 2.75) is 63.2 Å². The van der Waals surface area contributed by atoms with Gasteiger partial charge in [-0.15, -0.1) is 0 Å². The second kappa shape index (κ2) is 9.29. The molecule has 0 saturated carbocycles. The maximum absolute atomic E-state index is 10.5. The van der Waals surface area contributed by atoms with Gasteiger partial charge in [0.25, 0.3) is 4.90 Å². The Morgan fingerprint density at radius 2 is 1.47 bits per heavy atom. The van der Waals surface area contributed by atoms with Gasteiger partial charge in [0.2, 0.25) is 0 Å². The highest BCUT2D eigenvalue weighted by molar-refractivity contribution is 7.65. The monoisotopic (exact) mass is 251 g/mol. The van der Waals surface area contributed by atoms with Crippen LogP contribution in [-0.2, 0) is 22.3 Å². The molecule has 0 aliphatic carbocycles. The Morgan fingerprint density at radius 3 is 2.06 bits per heavy atom. The van der Waals surface area contributed by atoms with Crippen LogP contribution < -0.4 is 0 Å². The summed E-state index contributed by atoms with van der Waals surface area (Å²) in [6.45, 7) is 2.25. The van der Waals surface area contributed by atoms with Crippen LogP contribution in [0.4, 0.5) is 0 Å². The molecule has 1 aromatic rings. The van der Waals surface area contributed by atoms with Gasteiger partial charge in [-0.1, -0.05) is 57.6 Å². The van der Waals surface area contributed by atoms with Gasteiger partial charge in [-0.25, -0.2) is 0 Å². The van der Waals surface area contributed by atoms with Gasteiger partial charge in [0.1, 0.15) is 0 Å². The minimum Gasteiger partial charge on any atom is -0.0654 e. The van der Waals surface area contributed by atoms with Crippen LogP contribution in [0.3, 0.4) is 0 Å². The number of unbranched alkanes of at least 4 members (excludes halogenated alkanes) is 6. The first kappa shape index (κ1) is 14.3. The summed E-state index contributed by atoms with van der Waals surface area (Å²) in [7, 11) is 0. The number of hydrogen-bond acceptors (Lipinski definition) is 1. The van der Waals surface area contributed by atoms with Crippen LogP contribution in [0.5, 0.6) is 0 Å². The lowest BCUT2D eigenvalue weighted by atomic mass is 10.0. The predicted octanol–water partition coefficient (Wildman–Crippen LogP) is 4.77. The quantitative estimate of drug-likeness (QED) is 0.456. The Bertz CT molecular complexity index is 305. The van der Waals surface area contributed by atoms with Crippen LogP contribution in [-0.4, -0.2) is 0 Å². The molecule has 17 heavy (non-hydrogen) atoms. The zero-order valence-corrected chi connectivity index (χ0v) is 11.6. The maximum Gasteiger partial charge on any atom is 0.505 e. The van der Waals surface area contributed by atoms with E-state index < -0.39 is 0 Å². The summed E-state index contributed by atoms with van der Waals surface area (Å²) in [6, 6.07) is 8.01. The van der Waals surface area contributed by atoms with E-state index in [9.17, 15) is 4.21 Å². The van der Waals surface area contributed by atoms with Gasteiger partial charge in [0.15, 0.2) is 0 Å². The SMILES string of the molecule is CCCCCCCCCc1ccc([S+]=O)cc1. The molecule has 0 fully saturated rings. The lowest BCUT2D eigenvalue weighted by molar-refractivity contribution is 0.589. The van der Waals surface area contributed by atoms with E-state index in [-0.39, 0.29) is 0 Å². The summed E-state index contributed by atoms with van der Waals surface area (Å²) in [5.41, 5.74) is 1.36. The molecule has 0 bridgehead atoms. The largest absolute Gasteiger partial charge is 0.505 e. The smallest absolute Gasteiger partial charge is 0.0654 e. The van der Waals surface area contributed by atoms with Crippen LogP contribution in [0.15, 0.2) is 29.2 Å². The van der Waals surface area contributed by atoms with E-state index in [1.165, 1.54) is 50.5 Å². The highest BCUT2D eigenvalue weighted by Gasteiger charge is 2.04. The van der Waals surface area contributed by atoms with Gasteiger partial charge in [-0.05, 0) is 18.4 Å². The van der Waals surface area contributed by atoms with E-state index in [1.807, 2.05) is 12.1 Å². The average molecular weight is 251 g/mol. The van der Waals surface area contributed by atoms with E-state index in [1.54, 1.807) is 0 Å².